The zero-order valence-corrected chi connectivity index (χ0v) is 13.2. The van der Waals surface area contributed by atoms with Crippen LogP contribution in [0.4, 0.5) is 0 Å². The van der Waals surface area contributed by atoms with Crippen molar-refractivity contribution in [3.63, 3.8) is 0 Å². The van der Waals surface area contributed by atoms with Crippen molar-refractivity contribution >= 4 is 42.8 Å². The van der Waals surface area contributed by atoms with Gasteiger partial charge in [0.05, 0.1) is 16.8 Å². The summed E-state index contributed by atoms with van der Waals surface area (Å²) < 4.78 is 0. The number of nitrogens with one attached hydrogen (secondary N) is 2. The number of carbonyl (C=O) groups excluding carboxylic acids is 1. The summed E-state index contributed by atoms with van der Waals surface area (Å²) >= 11 is 1.34. The van der Waals surface area contributed by atoms with E-state index in [0.29, 0.717) is 0 Å². The minimum absolute atomic E-state index is 0.128. The second-order valence-electron chi connectivity index (χ2n) is 5.13. The maximum Gasteiger partial charge on any atom is 0.250 e. The predicted molar refractivity (Wildman–Crippen MR) is 94.5 cm³/mol. The molecule has 1 aromatic heterocycles. The summed E-state index contributed by atoms with van der Waals surface area (Å²) in [5.41, 5.74) is 5.10. The number of aromatic nitrogens is 2. The Bertz CT molecular complexity index is 763. The molecule has 2 aromatic rings. The SMILES string of the molecule is [B]C1=CC(/C=N/NC(=O)CSc2nc3ccccc3[nH]2)CC=C1. The maximum atomic E-state index is 11.8. The first-order chi connectivity index (χ1) is 11.2. The van der Waals surface area contributed by atoms with E-state index >= 15 is 0 Å². The Hall–Kier alpha value is -2.28. The average Bonchev–Trinajstić information content (AvgIpc) is 2.96. The van der Waals surface area contributed by atoms with Crippen molar-refractivity contribution in [2.45, 2.75) is 11.6 Å². The van der Waals surface area contributed by atoms with Gasteiger partial charge < -0.3 is 4.98 Å². The summed E-state index contributed by atoms with van der Waals surface area (Å²) in [6.45, 7) is 0. The highest BCUT2D eigenvalue weighted by Crippen LogP contribution is 2.18. The van der Waals surface area contributed by atoms with Crippen molar-refractivity contribution in [2.24, 2.45) is 11.0 Å². The molecule has 1 heterocycles. The van der Waals surface area contributed by atoms with E-state index in [1.165, 1.54) is 11.8 Å². The monoisotopic (exact) mass is 322 g/mol. The molecule has 1 aliphatic carbocycles. The molecule has 3 rings (SSSR count). The van der Waals surface area contributed by atoms with Crippen molar-refractivity contribution in [1.29, 1.82) is 0 Å². The first-order valence-corrected chi connectivity index (χ1v) is 8.22. The minimum Gasteiger partial charge on any atom is -0.333 e. The molecule has 0 aliphatic heterocycles. The van der Waals surface area contributed by atoms with Gasteiger partial charge in [0, 0.05) is 12.1 Å². The van der Waals surface area contributed by atoms with Gasteiger partial charge in [-0.2, -0.15) is 5.10 Å². The molecule has 7 heteroatoms. The number of carbonyl (C=O) groups is 1. The molecule has 5 nitrogen and oxygen atoms in total. The molecule has 0 saturated heterocycles. The van der Waals surface area contributed by atoms with Crippen molar-refractivity contribution in [1.82, 2.24) is 15.4 Å². The summed E-state index contributed by atoms with van der Waals surface area (Å²) in [4.78, 5) is 19.4. The number of aromatic amines is 1. The van der Waals surface area contributed by atoms with Crippen LogP contribution in [0.15, 0.2) is 58.2 Å². The van der Waals surface area contributed by atoms with Gasteiger partial charge in [0.15, 0.2) is 5.16 Å². The van der Waals surface area contributed by atoms with E-state index in [0.717, 1.165) is 28.1 Å². The molecule has 2 N–H and O–H groups in total. The lowest BCUT2D eigenvalue weighted by Gasteiger charge is -2.09. The number of amides is 1. The van der Waals surface area contributed by atoms with Crippen LogP contribution < -0.4 is 5.43 Å². The van der Waals surface area contributed by atoms with Crippen LogP contribution in [0.25, 0.3) is 11.0 Å². The molecule has 1 aliphatic rings. The highest BCUT2D eigenvalue weighted by molar-refractivity contribution is 7.99. The third-order valence-electron chi connectivity index (χ3n) is 3.29. The predicted octanol–water partition coefficient (Wildman–Crippen LogP) is 2.39. The number of benzene rings is 1. The number of nitrogens with zero attached hydrogens (tertiary/aromatic N) is 2. The lowest BCUT2D eigenvalue weighted by molar-refractivity contribution is -0.118. The fourth-order valence-corrected chi connectivity index (χ4v) is 2.88. The highest BCUT2D eigenvalue weighted by Gasteiger charge is 2.07. The molecule has 1 atom stereocenters. The Morgan fingerprint density at radius 3 is 3.22 bits per heavy atom. The second-order valence-corrected chi connectivity index (χ2v) is 6.09. The van der Waals surface area contributed by atoms with E-state index in [1.807, 2.05) is 42.5 Å². The second kappa shape index (κ2) is 7.33. The van der Waals surface area contributed by atoms with E-state index in [9.17, 15) is 4.79 Å². The van der Waals surface area contributed by atoms with E-state index in [-0.39, 0.29) is 17.6 Å². The number of para-hydroxylation sites is 2. The molecule has 1 unspecified atom stereocenters. The normalized spacial score (nSPS) is 17.6. The van der Waals surface area contributed by atoms with Gasteiger partial charge in [-0.15, -0.1) is 5.47 Å². The zero-order chi connectivity index (χ0) is 16.1. The number of hydrogen-bond donors (Lipinski definition) is 2. The number of thioether (sulfide) groups is 1. The van der Waals surface area contributed by atoms with Crippen molar-refractivity contribution < 1.29 is 4.79 Å². The lowest BCUT2D eigenvalue weighted by atomic mass is 9.86. The van der Waals surface area contributed by atoms with Gasteiger partial charge in [-0.05, 0) is 18.6 Å². The smallest absolute Gasteiger partial charge is 0.250 e. The van der Waals surface area contributed by atoms with Crippen molar-refractivity contribution in [2.75, 3.05) is 5.75 Å². The number of imidazole rings is 1. The summed E-state index contributed by atoms with van der Waals surface area (Å²) in [6, 6.07) is 7.76. The van der Waals surface area contributed by atoms with Crippen LogP contribution >= 0.6 is 11.8 Å². The molecule has 23 heavy (non-hydrogen) atoms. The first kappa shape index (κ1) is 15.6. The van der Waals surface area contributed by atoms with Crippen LogP contribution in [-0.2, 0) is 4.79 Å². The summed E-state index contributed by atoms with van der Waals surface area (Å²) in [6.07, 6.45) is 8.31. The van der Waals surface area contributed by atoms with E-state index in [2.05, 4.69) is 20.5 Å². The van der Waals surface area contributed by atoms with Crippen LogP contribution in [0, 0.1) is 5.92 Å². The quantitative estimate of drug-likeness (QED) is 0.384. The van der Waals surface area contributed by atoms with E-state index < -0.39 is 0 Å². The fraction of sp³-hybridized carbons (Fsp3) is 0.188. The number of fused-ring (bicyclic) bond motifs is 1. The Balaban J connectivity index is 1.47. The van der Waals surface area contributed by atoms with Gasteiger partial charge in [-0.1, -0.05) is 42.1 Å². The van der Waals surface area contributed by atoms with Gasteiger partial charge in [0.25, 0.3) is 5.91 Å². The van der Waals surface area contributed by atoms with Crippen LogP contribution in [-0.4, -0.2) is 35.7 Å². The van der Waals surface area contributed by atoms with Crippen LogP contribution in [0.2, 0.25) is 0 Å². The summed E-state index contributed by atoms with van der Waals surface area (Å²) in [5.74, 6) is 0.207. The molecule has 114 valence electrons. The summed E-state index contributed by atoms with van der Waals surface area (Å²) in [7, 11) is 5.71. The number of allylic oxidation sites excluding steroid dienone is 4. The first-order valence-electron chi connectivity index (χ1n) is 7.24. The lowest BCUT2D eigenvalue weighted by Crippen LogP contribution is -2.20. The maximum absolute atomic E-state index is 11.8. The van der Waals surface area contributed by atoms with Crippen molar-refractivity contribution in [3.05, 3.63) is 48.0 Å². The number of hydrazone groups is 1. The molecule has 1 aromatic carbocycles. The number of rotatable bonds is 5. The van der Waals surface area contributed by atoms with Crippen LogP contribution in [0.5, 0.6) is 0 Å². The minimum atomic E-state index is -0.171. The Morgan fingerprint density at radius 2 is 2.39 bits per heavy atom. The third-order valence-corrected chi connectivity index (χ3v) is 4.16. The molecule has 1 amide bonds. The van der Waals surface area contributed by atoms with Crippen LogP contribution in [0.3, 0.4) is 0 Å². The molecule has 0 fully saturated rings. The standard InChI is InChI=1S/C16H15BN4OS/c17-12-5-3-4-11(8-12)9-18-21-15(22)10-23-16-19-13-6-1-2-7-14(13)20-16/h1-3,5-9,11H,4,10H2,(H,19,20)(H,21,22)/b18-9+. The zero-order valence-electron chi connectivity index (χ0n) is 12.4. The largest absolute Gasteiger partial charge is 0.333 e. The highest BCUT2D eigenvalue weighted by atomic mass is 32.2. The van der Waals surface area contributed by atoms with Crippen LogP contribution in [0.1, 0.15) is 6.42 Å². The molecular weight excluding hydrogens is 307 g/mol. The molecule has 0 saturated carbocycles. The number of hydrogen-bond acceptors (Lipinski definition) is 4. The van der Waals surface area contributed by atoms with E-state index in [4.69, 9.17) is 7.85 Å². The summed E-state index contributed by atoms with van der Waals surface area (Å²) in [5, 5.41) is 4.70. The van der Waals surface area contributed by atoms with Crippen molar-refractivity contribution in [3.8, 4) is 0 Å². The Kier molecular flexibility index (Phi) is 4.97. The van der Waals surface area contributed by atoms with E-state index in [1.54, 1.807) is 6.21 Å². The fourth-order valence-electron chi connectivity index (χ4n) is 2.20. The van der Waals surface area contributed by atoms with Gasteiger partial charge >= 0.3 is 0 Å². The van der Waals surface area contributed by atoms with Gasteiger partial charge in [-0.3, -0.25) is 4.79 Å². The Morgan fingerprint density at radius 1 is 1.52 bits per heavy atom. The third kappa shape index (κ3) is 4.35. The topological polar surface area (TPSA) is 70.1 Å². The van der Waals surface area contributed by atoms with Gasteiger partial charge in [-0.25, -0.2) is 10.4 Å². The number of H-pyrrole nitrogens is 1. The van der Waals surface area contributed by atoms with Gasteiger partial charge in [0.1, 0.15) is 7.85 Å². The Labute approximate surface area is 139 Å². The molecule has 2 radical (unpaired) electrons. The molecular formula is C16H15BN4OS. The molecule has 0 bridgehead atoms. The average molecular weight is 322 g/mol. The van der Waals surface area contributed by atoms with Gasteiger partial charge in [0.2, 0.25) is 0 Å². The molecule has 0 spiro atoms.